The van der Waals surface area contributed by atoms with E-state index in [1.807, 2.05) is 29.3 Å². The molecule has 0 radical (unpaired) electrons. The smallest absolute Gasteiger partial charge is 0.228 e. The number of fused-ring (bicyclic) bond motifs is 2. The zero-order valence-electron chi connectivity index (χ0n) is 12.1. The monoisotopic (exact) mass is 287 g/mol. The first-order chi connectivity index (χ1) is 10.3. The number of amides is 1. The highest BCUT2D eigenvalue weighted by Gasteiger charge is 2.45. The quantitative estimate of drug-likeness (QED) is 0.822. The molecule has 3 saturated heterocycles. The fraction of sp³-hybridized carbons (Fsp3) is 0.625. The number of anilines is 1. The molecule has 4 heterocycles. The molecule has 2 bridgehead atoms. The molecule has 21 heavy (non-hydrogen) atoms. The highest BCUT2D eigenvalue weighted by Crippen LogP contribution is 2.39. The molecule has 5 heteroatoms. The zero-order valence-corrected chi connectivity index (χ0v) is 12.1. The molecular weight excluding hydrogens is 266 g/mol. The van der Waals surface area contributed by atoms with E-state index in [2.05, 4.69) is 9.88 Å². The average Bonchev–Trinajstić information content (AvgIpc) is 3.18. The van der Waals surface area contributed by atoms with Gasteiger partial charge >= 0.3 is 0 Å². The van der Waals surface area contributed by atoms with Gasteiger partial charge < -0.3 is 14.5 Å². The Labute approximate surface area is 124 Å². The van der Waals surface area contributed by atoms with Gasteiger partial charge in [0.05, 0.1) is 18.1 Å². The van der Waals surface area contributed by atoms with E-state index in [-0.39, 0.29) is 12.0 Å². The van der Waals surface area contributed by atoms with Crippen LogP contribution in [0.5, 0.6) is 0 Å². The summed E-state index contributed by atoms with van der Waals surface area (Å²) < 4.78 is 5.82. The minimum atomic E-state index is 0.116. The molecule has 1 aromatic heterocycles. The molecule has 0 aliphatic carbocycles. The Morgan fingerprint density at radius 3 is 2.67 bits per heavy atom. The number of aromatic nitrogens is 1. The summed E-state index contributed by atoms with van der Waals surface area (Å²) >= 11 is 0. The van der Waals surface area contributed by atoms with Crippen LogP contribution < -0.4 is 4.90 Å². The summed E-state index contributed by atoms with van der Waals surface area (Å²) in [6, 6.07) is 5.96. The van der Waals surface area contributed by atoms with Gasteiger partial charge in [0.1, 0.15) is 5.82 Å². The van der Waals surface area contributed by atoms with Gasteiger partial charge in [-0.2, -0.15) is 0 Å². The Morgan fingerprint density at radius 1 is 1.19 bits per heavy atom. The van der Waals surface area contributed by atoms with Crippen LogP contribution in [0.25, 0.3) is 0 Å². The molecule has 3 fully saturated rings. The van der Waals surface area contributed by atoms with Gasteiger partial charge in [0.15, 0.2) is 0 Å². The molecule has 0 unspecified atom stereocenters. The summed E-state index contributed by atoms with van der Waals surface area (Å²) in [5.74, 6) is 1.43. The number of pyridine rings is 1. The first kappa shape index (κ1) is 13.1. The Balaban J connectivity index is 1.36. The van der Waals surface area contributed by atoms with Crippen molar-refractivity contribution in [2.45, 2.75) is 31.5 Å². The number of rotatable bonds is 2. The molecule has 3 aliphatic rings. The molecule has 1 amide bonds. The molecule has 112 valence electrons. The van der Waals surface area contributed by atoms with Crippen molar-refractivity contribution in [1.82, 2.24) is 9.88 Å². The Morgan fingerprint density at radius 2 is 2.05 bits per heavy atom. The summed E-state index contributed by atoms with van der Waals surface area (Å²) in [6.07, 6.45) is 5.50. The van der Waals surface area contributed by atoms with E-state index in [4.69, 9.17) is 4.74 Å². The van der Waals surface area contributed by atoms with Crippen LogP contribution in [-0.4, -0.2) is 54.2 Å². The maximum atomic E-state index is 12.6. The van der Waals surface area contributed by atoms with Crippen molar-refractivity contribution in [2.75, 3.05) is 31.1 Å². The van der Waals surface area contributed by atoms with Gasteiger partial charge in [-0.3, -0.25) is 4.79 Å². The summed E-state index contributed by atoms with van der Waals surface area (Å²) in [7, 11) is 0. The molecule has 0 N–H and O–H groups in total. The summed E-state index contributed by atoms with van der Waals surface area (Å²) in [5.41, 5.74) is 0. The van der Waals surface area contributed by atoms with E-state index in [1.165, 1.54) is 0 Å². The van der Waals surface area contributed by atoms with Crippen LogP contribution in [0, 0.1) is 5.92 Å². The lowest BCUT2D eigenvalue weighted by Crippen LogP contribution is -2.51. The average molecular weight is 287 g/mol. The van der Waals surface area contributed by atoms with Crippen LogP contribution in [0.15, 0.2) is 24.4 Å². The second kappa shape index (κ2) is 5.30. The molecular formula is C16H21N3O2. The third-order valence-electron chi connectivity index (χ3n) is 4.99. The molecule has 4 rings (SSSR count). The topological polar surface area (TPSA) is 45.7 Å². The summed E-state index contributed by atoms with van der Waals surface area (Å²) in [6.45, 7) is 3.32. The van der Waals surface area contributed by atoms with Crippen LogP contribution in [0.2, 0.25) is 0 Å². The SMILES string of the molecule is O=C([C@@H]1C[C@H]2CC[C@@H]1O2)N1CCN(c2ccccn2)CC1. The van der Waals surface area contributed by atoms with Crippen LogP contribution >= 0.6 is 0 Å². The molecule has 0 spiro atoms. The lowest BCUT2D eigenvalue weighted by Gasteiger charge is -2.37. The number of piperazine rings is 1. The zero-order chi connectivity index (χ0) is 14.2. The summed E-state index contributed by atoms with van der Waals surface area (Å²) in [4.78, 5) is 21.3. The largest absolute Gasteiger partial charge is 0.374 e. The number of carbonyl (C=O) groups excluding carboxylic acids is 1. The Hall–Kier alpha value is -1.62. The minimum Gasteiger partial charge on any atom is -0.374 e. The van der Waals surface area contributed by atoms with Crippen molar-refractivity contribution in [3.05, 3.63) is 24.4 Å². The van der Waals surface area contributed by atoms with Crippen molar-refractivity contribution in [3.8, 4) is 0 Å². The van der Waals surface area contributed by atoms with E-state index in [0.29, 0.717) is 12.0 Å². The van der Waals surface area contributed by atoms with E-state index >= 15 is 0 Å². The van der Waals surface area contributed by atoms with E-state index in [1.54, 1.807) is 0 Å². The highest BCUT2D eigenvalue weighted by atomic mass is 16.5. The van der Waals surface area contributed by atoms with Crippen LogP contribution in [-0.2, 0) is 9.53 Å². The van der Waals surface area contributed by atoms with Crippen LogP contribution in [0.3, 0.4) is 0 Å². The number of hydrogen-bond donors (Lipinski definition) is 0. The molecule has 1 aromatic rings. The highest BCUT2D eigenvalue weighted by molar-refractivity contribution is 5.80. The maximum absolute atomic E-state index is 12.6. The second-order valence-corrected chi connectivity index (χ2v) is 6.22. The van der Waals surface area contributed by atoms with Gasteiger partial charge in [0, 0.05) is 32.4 Å². The number of nitrogens with zero attached hydrogens (tertiary/aromatic N) is 3. The van der Waals surface area contributed by atoms with Crippen LogP contribution in [0.4, 0.5) is 5.82 Å². The number of hydrogen-bond acceptors (Lipinski definition) is 4. The van der Waals surface area contributed by atoms with Crippen molar-refractivity contribution < 1.29 is 9.53 Å². The molecule has 3 atom stereocenters. The minimum absolute atomic E-state index is 0.116. The standard InChI is InChI=1S/C16H21N3O2/c20-16(13-11-12-4-5-14(13)21-12)19-9-7-18(8-10-19)15-3-1-2-6-17-15/h1-3,6,12-14H,4-5,7-11H2/t12-,13-,14+/m1/s1. The normalized spacial score (nSPS) is 31.7. The van der Waals surface area contributed by atoms with E-state index in [0.717, 1.165) is 51.3 Å². The van der Waals surface area contributed by atoms with Crippen molar-refractivity contribution >= 4 is 11.7 Å². The predicted molar refractivity (Wildman–Crippen MR) is 79.0 cm³/mol. The Kier molecular flexibility index (Phi) is 3.30. The van der Waals surface area contributed by atoms with Gasteiger partial charge in [0.2, 0.25) is 5.91 Å². The number of ether oxygens (including phenoxy) is 1. The summed E-state index contributed by atoms with van der Waals surface area (Å²) in [5, 5.41) is 0. The molecule has 0 saturated carbocycles. The van der Waals surface area contributed by atoms with Gasteiger partial charge in [-0.1, -0.05) is 6.07 Å². The fourth-order valence-electron chi connectivity index (χ4n) is 3.83. The fourth-order valence-corrected chi connectivity index (χ4v) is 3.83. The molecule has 3 aliphatic heterocycles. The van der Waals surface area contributed by atoms with Crippen molar-refractivity contribution in [3.63, 3.8) is 0 Å². The van der Waals surface area contributed by atoms with Crippen LogP contribution in [0.1, 0.15) is 19.3 Å². The van der Waals surface area contributed by atoms with Crippen molar-refractivity contribution in [1.29, 1.82) is 0 Å². The van der Waals surface area contributed by atoms with Gasteiger partial charge in [0.25, 0.3) is 0 Å². The first-order valence-corrected chi connectivity index (χ1v) is 7.91. The van der Waals surface area contributed by atoms with E-state index in [9.17, 15) is 4.79 Å². The van der Waals surface area contributed by atoms with Gasteiger partial charge in [-0.25, -0.2) is 4.98 Å². The maximum Gasteiger partial charge on any atom is 0.228 e. The third-order valence-corrected chi connectivity index (χ3v) is 4.99. The third kappa shape index (κ3) is 2.39. The number of carbonyl (C=O) groups is 1. The predicted octanol–water partition coefficient (Wildman–Crippen LogP) is 1.30. The lowest BCUT2D eigenvalue weighted by molar-refractivity contribution is -0.137. The lowest BCUT2D eigenvalue weighted by atomic mass is 9.88. The molecule has 5 nitrogen and oxygen atoms in total. The van der Waals surface area contributed by atoms with Gasteiger partial charge in [-0.05, 0) is 31.4 Å². The van der Waals surface area contributed by atoms with Gasteiger partial charge in [-0.15, -0.1) is 0 Å². The second-order valence-electron chi connectivity index (χ2n) is 6.22. The Bertz CT molecular complexity index is 514. The van der Waals surface area contributed by atoms with E-state index < -0.39 is 0 Å². The first-order valence-electron chi connectivity index (χ1n) is 7.91. The molecule has 0 aromatic carbocycles. The van der Waals surface area contributed by atoms with Crippen molar-refractivity contribution in [2.24, 2.45) is 5.92 Å².